The molecule has 3 N–H and O–H groups in total. The number of H-pyrrole nitrogens is 1. The quantitative estimate of drug-likeness (QED) is 0.154. The van der Waals surface area contributed by atoms with Gasteiger partial charge in [0.25, 0.3) is 11.1 Å². The number of ether oxygens (including phenoxy) is 2. The van der Waals surface area contributed by atoms with Crippen LogP contribution in [-0.4, -0.2) is 101 Å². The molecule has 0 saturated carbocycles. The number of aromatic nitrogens is 8. The van der Waals surface area contributed by atoms with Crippen LogP contribution in [0.4, 0.5) is 21.2 Å². The molecule has 0 bridgehead atoms. The molecule has 8 rings (SSSR count). The zero-order valence-electron chi connectivity index (χ0n) is 37.7. The predicted octanol–water partition coefficient (Wildman–Crippen LogP) is 6.32. The Morgan fingerprint density at radius 1 is 0.723 bits per heavy atom. The normalized spacial score (nSPS) is 16.8. The first-order valence-corrected chi connectivity index (χ1v) is 22.4. The standard InChI is InChI=1S/C23H29ClN6O3.C22H27ClN6O3/c1-23(2,3)33-22(32)26-16-9-7-11-29(13-16)20-17(12-15-8-5-6-10-18(15)24)19-21(31)28(4)25-14-30(19)27-20;1-22(2,3)32-21(31)25-15-8-6-10-28(12-15)19-16(11-14-7-4-5-9-17(14)23)18-20(30)26-24-13-29(18)27-19/h5-6,8,10,14,16H,7,9,11-13H2,1-4H3,(H,26,32);4-5,7,9,13,15H,6,8,10-12H2,1-3H3,(H,25,31)(H,26,30)/t16-;15-/m11/s1. The zero-order chi connectivity index (χ0) is 46.6. The van der Waals surface area contributed by atoms with Gasteiger partial charge in [0.2, 0.25) is 0 Å². The summed E-state index contributed by atoms with van der Waals surface area (Å²) in [5, 5.41) is 27.1. The van der Waals surface area contributed by atoms with Crippen molar-refractivity contribution in [2.45, 2.75) is 103 Å². The number of hydrogen-bond acceptors (Lipinski definition) is 12. The van der Waals surface area contributed by atoms with Crippen LogP contribution in [0.2, 0.25) is 10.0 Å². The monoisotopic (exact) mass is 930 g/mol. The van der Waals surface area contributed by atoms with Gasteiger partial charge in [-0.1, -0.05) is 59.6 Å². The van der Waals surface area contributed by atoms with E-state index in [1.165, 1.54) is 26.4 Å². The number of rotatable bonds is 8. The van der Waals surface area contributed by atoms with Crippen molar-refractivity contribution in [1.29, 1.82) is 0 Å². The minimum absolute atomic E-state index is 0.0898. The molecule has 0 unspecified atom stereocenters. The third-order valence-electron chi connectivity index (χ3n) is 10.9. The molecule has 346 valence electrons. The molecule has 0 aliphatic carbocycles. The fourth-order valence-electron chi connectivity index (χ4n) is 8.10. The molecule has 2 aliphatic heterocycles. The second-order valence-electron chi connectivity index (χ2n) is 18.3. The van der Waals surface area contributed by atoms with Crippen LogP contribution >= 0.6 is 23.2 Å². The Labute approximate surface area is 386 Å². The van der Waals surface area contributed by atoms with E-state index in [0.717, 1.165) is 61.0 Å². The van der Waals surface area contributed by atoms with Crippen LogP contribution in [0.25, 0.3) is 11.0 Å². The molecule has 0 radical (unpaired) electrons. The minimum Gasteiger partial charge on any atom is -0.444 e. The number of benzene rings is 2. The topological polar surface area (TPSA) is 198 Å². The third kappa shape index (κ3) is 11.6. The molecule has 2 aliphatic rings. The van der Waals surface area contributed by atoms with Gasteiger partial charge in [0.15, 0.2) is 11.6 Å². The second-order valence-corrected chi connectivity index (χ2v) is 19.1. The molecule has 2 saturated heterocycles. The molecule has 4 aromatic heterocycles. The summed E-state index contributed by atoms with van der Waals surface area (Å²) in [5.74, 6) is 1.40. The maximum atomic E-state index is 13.0. The van der Waals surface area contributed by atoms with Crippen molar-refractivity contribution >= 4 is 58.1 Å². The maximum Gasteiger partial charge on any atom is 0.407 e. The number of nitrogens with zero attached hydrogens (tertiary/aromatic N) is 9. The Balaban J connectivity index is 0.000000194. The molecule has 0 spiro atoms. The van der Waals surface area contributed by atoms with E-state index in [0.29, 0.717) is 58.6 Å². The van der Waals surface area contributed by atoms with Gasteiger partial charge >= 0.3 is 12.2 Å². The van der Waals surface area contributed by atoms with E-state index in [1.54, 1.807) is 7.05 Å². The van der Waals surface area contributed by atoms with Crippen molar-refractivity contribution in [1.82, 2.24) is 49.8 Å². The molecule has 2 fully saturated rings. The number of hydrogen-bond donors (Lipinski definition) is 3. The maximum absolute atomic E-state index is 13.0. The number of fused-ring (bicyclic) bond motifs is 2. The van der Waals surface area contributed by atoms with Crippen LogP contribution in [0.1, 0.15) is 89.5 Å². The number of amides is 2. The highest BCUT2D eigenvalue weighted by Crippen LogP contribution is 2.31. The summed E-state index contributed by atoms with van der Waals surface area (Å²) in [5.41, 5.74) is 2.65. The number of carbonyl (C=O) groups excluding carboxylic acids is 2. The van der Waals surface area contributed by atoms with E-state index in [9.17, 15) is 19.2 Å². The van der Waals surface area contributed by atoms with E-state index in [2.05, 4.69) is 40.8 Å². The fourth-order valence-corrected chi connectivity index (χ4v) is 8.50. The van der Waals surface area contributed by atoms with E-state index in [4.69, 9.17) is 37.8 Å². The van der Waals surface area contributed by atoms with E-state index in [1.807, 2.05) is 90.1 Å². The average molecular weight is 932 g/mol. The third-order valence-corrected chi connectivity index (χ3v) is 11.6. The Kier molecular flexibility index (Phi) is 14.1. The minimum atomic E-state index is -0.560. The largest absolute Gasteiger partial charge is 0.444 e. The van der Waals surface area contributed by atoms with Crippen LogP contribution in [0.5, 0.6) is 0 Å². The van der Waals surface area contributed by atoms with Crippen LogP contribution in [0.3, 0.4) is 0 Å². The number of halogens is 2. The molecule has 65 heavy (non-hydrogen) atoms. The second kappa shape index (κ2) is 19.5. The average Bonchev–Trinajstić information content (AvgIpc) is 3.79. The molecular weight excluding hydrogens is 875 g/mol. The van der Waals surface area contributed by atoms with Gasteiger partial charge in [-0.2, -0.15) is 10.2 Å². The van der Waals surface area contributed by atoms with Crippen molar-refractivity contribution in [2.75, 3.05) is 36.0 Å². The van der Waals surface area contributed by atoms with Crippen LogP contribution in [-0.2, 0) is 29.4 Å². The van der Waals surface area contributed by atoms with Gasteiger partial charge < -0.3 is 29.9 Å². The lowest BCUT2D eigenvalue weighted by molar-refractivity contribution is 0.0488. The molecule has 6 heterocycles. The summed E-state index contributed by atoms with van der Waals surface area (Å²) in [7, 11) is 1.62. The first kappa shape index (κ1) is 46.8. The Morgan fingerprint density at radius 3 is 1.66 bits per heavy atom. The van der Waals surface area contributed by atoms with Gasteiger partial charge in [0, 0.05) is 79.3 Å². The van der Waals surface area contributed by atoms with Gasteiger partial charge in [-0.15, -0.1) is 10.2 Å². The summed E-state index contributed by atoms with van der Waals surface area (Å²) >= 11 is 12.8. The van der Waals surface area contributed by atoms with Crippen LogP contribution in [0, 0.1) is 0 Å². The smallest absolute Gasteiger partial charge is 0.407 e. The van der Waals surface area contributed by atoms with Crippen molar-refractivity contribution in [3.63, 3.8) is 0 Å². The molecule has 20 heteroatoms. The molecule has 2 aromatic carbocycles. The first-order valence-electron chi connectivity index (χ1n) is 21.7. The number of nitrogens with one attached hydrogen (secondary N) is 3. The molecule has 2 amide bonds. The van der Waals surface area contributed by atoms with Gasteiger partial charge in [-0.3, -0.25) is 9.59 Å². The number of aryl methyl sites for hydroxylation is 1. The lowest BCUT2D eigenvalue weighted by atomic mass is 10.0. The lowest BCUT2D eigenvalue weighted by Crippen LogP contribution is -2.49. The Morgan fingerprint density at radius 2 is 1.18 bits per heavy atom. The highest BCUT2D eigenvalue weighted by molar-refractivity contribution is 6.31. The van der Waals surface area contributed by atoms with Crippen molar-refractivity contribution < 1.29 is 19.1 Å². The zero-order valence-corrected chi connectivity index (χ0v) is 39.2. The van der Waals surface area contributed by atoms with Gasteiger partial charge in [0.1, 0.15) is 34.9 Å². The number of anilines is 2. The fraction of sp³-hybridized carbons (Fsp3) is 0.467. The summed E-state index contributed by atoms with van der Waals surface area (Å²) < 4.78 is 15.2. The van der Waals surface area contributed by atoms with Gasteiger partial charge in [-0.25, -0.2) is 28.4 Å². The van der Waals surface area contributed by atoms with E-state index >= 15 is 0 Å². The summed E-state index contributed by atoms with van der Waals surface area (Å²) in [6.07, 6.45) is 6.48. The summed E-state index contributed by atoms with van der Waals surface area (Å²) in [6.45, 7) is 13.7. The van der Waals surface area contributed by atoms with Crippen LogP contribution < -0.4 is 31.6 Å². The van der Waals surface area contributed by atoms with Gasteiger partial charge in [-0.05, 0) is 90.5 Å². The summed E-state index contributed by atoms with van der Waals surface area (Å²) in [4.78, 5) is 54.4. The number of aromatic amines is 1. The highest BCUT2D eigenvalue weighted by Gasteiger charge is 2.31. The Bertz CT molecular complexity index is 2790. The van der Waals surface area contributed by atoms with Gasteiger partial charge in [0.05, 0.1) is 0 Å². The molecular formula is C45H56Cl2N12O6. The van der Waals surface area contributed by atoms with Crippen molar-refractivity contribution in [3.8, 4) is 0 Å². The van der Waals surface area contributed by atoms with E-state index < -0.39 is 23.4 Å². The number of alkyl carbamates (subject to hydrolysis) is 2. The van der Waals surface area contributed by atoms with Crippen LogP contribution in [0.15, 0.2) is 70.8 Å². The summed E-state index contributed by atoms with van der Waals surface area (Å²) in [6, 6.07) is 15.0. The number of carbonyl (C=O) groups is 2. The van der Waals surface area contributed by atoms with E-state index in [-0.39, 0.29) is 23.2 Å². The van der Waals surface area contributed by atoms with Crippen molar-refractivity contribution in [3.05, 3.63) is 114 Å². The highest BCUT2D eigenvalue weighted by atomic mass is 35.5. The predicted molar refractivity (Wildman–Crippen MR) is 250 cm³/mol. The Hall–Kier alpha value is -6.14. The SMILES string of the molecule is CC(C)(C)OC(=O)N[C@@H]1CCCN(c2nn3cn[nH]c(=O)c3c2Cc2ccccc2Cl)C1.Cn1ncn2nc(N3CCC[C@@H](NC(=O)OC(C)(C)C)C3)c(Cc3ccccc3Cl)c2c1=O. The molecule has 2 atom stereocenters. The molecule has 18 nitrogen and oxygen atoms in total. The van der Waals surface area contributed by atoms with Crippen molar-refractivity contribution in [2.24, 2.45) is 7.05 Å². The molecule has 6 aromatic rings. The number of piperidine rings is 2. The first-order chi connectivity index (χ1) is 30.8. The lowest BCUT2D eigenvalue weighted by Gasteiger charge is -2.34.